The number of aryl methyl sites for hydroxylation is 1. The number of amides is 2. The molecule has 1 atom stereocenters. The Balaban J connectivity index is 0.000000425. The van der Waals surface area contributed by atoms with Crippen molar-refractivity contribution in [2.45, 2.75) is 24.3 Å². The normalized spacial score (nSPS) is 16.9. The van der Waals surface area contributed by atoms with E-state index in [1.165, 1.54) is 17.0 Å². The molecule has 2 rings (SSSR count). The van der Waals surface area contributed by atoms with Crippen LogP contribution in [0.15, 0.2) is 29.2 Å². The van der Waals surface area contributed by atoms with Crippen molar-refractivity contribution < 1.29 is 52.7 Å². The molecule has 1 saturated heterocycles. The molecule has 1 aromatic rings. The van der Waals surface area contributed by atoms with E-state index in [9.17, 15) is 18.0 Å². The predicted molar refractivity (Wildman–Crippen MR) is 84.0 cm³/mol. The van der Waals surface area contributed by atoms with E-state index in [0.29, 0.717) is 0 Å². The summed E-state index contributed by atoms with van der Waals surface area (Å²) in [6, 6.07) is 6.32. The van der Waals surface area contributed by atoms with Gasteiger partial charge in [0.2, 0.25) is 11.8 Å². The average Bonchev–Trinajstić information content (AvgIpc) is 2.77. The molecule has 1 heterocycles. The number of hydrogen-bond acceptors (Lipinski definition) is 5. The molecule has 1 aliphatic heterocycles. The number of aliphatic hydroxyl groups excluding tert-OH is 1. The third-order valence-electron chi connectivity index (χ3n) is 2.95. The van der Waals surface area contributed by atoms with Crippen LogP contribution in [0.3, 0.4) is 0 Å². The van der Waals surface area contributed by atoms with Crippen LogP contribution in [0.25, 0.3) is 4.24 Å². The summed E-state index contributed by atoms with van der Waals surface area (Å²) in [7, 11) is -3.62. The predicted octanol–water partition coefficient (Wildman–Crippen LogP) is -2.72. The largest absolute Gasteiger partial charge is 1.00 e. The summed E-state index contributed by atoms with van der Waals surface area (Å²) in [5, 5.41) is 8.97. The number of likely N-dealkylation sites (tertiary alicyclic amines) is 1. The van der Waals surface area contributed by atoms with Crippen molar-refractivity contribution >= 4 is 33.6 Å². The van der Waals surface area contributed by atoms with Crippen molar-refractivity contribution in [3.8, 4) is 0 Å². The molecule has 8 nitrogen and oxygen atoms in total. The Labute approximate surface area is 167 Å². The molecule has 0 spiro atoms. The Kier molecular flexibility index (Phi) is 10.0. The minimum Gasteiger partial charge on any atom is -0.458 e. The van der Waals surface area contributed by atoms with Gasteiger partial charge < -0.3 is 20.0 Å². The zero-order valence-electron chi connectivity index (χ0n) is 13.3. The van der Waals surface area contributed by atoms with E-state index in [4.69, 9.17) is 22.6 Å². The Morgan fingerprint density at radius 2 is 1.96 bits per heavy atom. The first kappa shape index (κ1) is 23.3. The van der Waals surface area contributed by atoms with Crippen LogP contribution in [0.5, 0.6) is 0 Å². The number of β-amino-alcohol motifs (C(OH)–C–C–N with tert-alkyl or cyclic N) is 1. The Bertz CT molecular complexity index is 669. The second kappa shape index (κ2) is 10.3. The second-order valence-electron chi connectivity index (χ2n) is 4.96. The summed E-state index contributed by atoms with van der Waals surface area (Å²) in [4.78, 5) is 22.6. The number of aliphatic hydroxyl groups is 1. The van der Waals surface area contributed by atoms with Gasteiger partial charge in [-0.05, 0) is 19.1 Å². The Morgan fingerprint density at radius 3 is 2.33 bits per heavy atom. The van der Waals surface area contributed by atoms with Crippen molar-refractivity contribution in [1.29, 1.82) is 0 Å². The monoisotopic (exact) mass is 385 g/mol. The van der Waals surface area contributed by atoms with E-state index in [-0.39, 0.29) is 59.9 Å². The first-order valence-electron chi connectivity index (χ1n) is 6.55. The number of nitrogens with zero attached hydrogens (tertiary/aromatic N) is 2. The van der Waals surface area contributed by atoms with E-state index in [1.54, 1.807) is 12.1 Å². The molecule has 3 N–H and O–H groups in total. The average molecular weight is 386 g/mol. The quantitative estimate of drug-likeness (QED) is 0.543. The SMILES string of the molecule is Cc1ccc(S(=O)(=O)[N-]Cl)cc1.NC(=O)CN1CC(O)CC1=O.[Na+]. The summed E-state index contributed by atoms with van der Waals surface area (Å²) in [6.07, 6.45) is -0.533. The van der Waals surface area contributed by atoms with Gasteiger partial charge in [-0.2, -0.15) is 0 Å². The van der Waals surface area contributed by atoms with Crippen LogP contribution in [0.4, 0.5) is 0 Å². The maximum Gasteiger partial charge on any atom is 1.00 e. The first-order valence-corrected chi connectivity index (χ1v) is 8.32. The molecule has 24 heavy (non-hydrogen) atoms. The third-order valence-corrected chi connectivity index (χ3v) is 4.55. The number of carbonyl (C=O) groups excluding carboxylic acids is 2. The molecule has 1 fully saturated rings. The Morgan fingerprint density at radius 1 is 1.42 bits per heavy atom. The van der Waals surface area contributed by atoms with Crippen LogP contribution < -0.4 is 35.3 Å². The van der Waals surface area contributed by atoms with Crippen molar-refractivity contribution in [1.82, 2.24) is 4.90 Å². The fourth-order valence-corrected chi connectivity index (χ4v) is 2.64. The van der Waals surface area contributed by atoms with Crippen LogP contribution in [0.2, 0.25) is 0 Å². The molecule has 2 amide bonds. The maximum atomic E-state index is 11.0. The Hall–Kier alpha value is -0.680. The standard InChI is InChI=1S/C7H7ClNO2S.C6H10N2O3.Na/c1-6-2-4-7(5-3-6)12(10,11)9-8;7-5(10)3-8-2-4(9)1-6(8)11;/h2-5H,1H3;4,9H,1-3H2,(H2,7,10);/q-1;;+1. The number of halogens is 1. The van der Waals surface area contributed by atoms with Gasteiger partial charge in [0.15, 0.2) is 0 Å². The number of hydrogen-bond donors (Lipinski definition) is 2. The van der Waals surface area contributed by atoms with E-state index in [1.807, 2.05) is 6.92 Å². The molecular weight excluding hydrogens is 369 g/mol. The summed E-state index contributed by atoms with van der Waals surface area (Å²) in [5.41, 5.74) is 5.85. The van der Waals surface area contributed by atoms with Crippen molar-refractivity contribution in [2.24, 2.45) is 5.73 Å². The van der Waals surface area contributed by atoms with Crippen molar-refractivity contribution in [3.63, 3.8) is 0 Å². The van der Waals surface area contributed by atoms with Crippen LogP contribution in [0, 0.1) is 6.92 Å². The zero-order chi connectivity index (χ0) is 17.6. The number of rotatable bonds is 4. The molecular formula is C13H17ClN3NaO5S. The van der Waals surface area contributed by atoms with Gasteiger partial charge in [-0.3, -0.25) is 21.4 Å². The molecule has 128 valence electrons. The molecule has 11 heteroatoms. The fourth-order valence-electron chi connectivity index (χ4n) is 1.84. The molecule has 1 aromatic carbocycles. The van der Waals surface area contributed by atoms with Gasteiger partial charge in [0, 0.05) is 11.4 Å². The van der Waals surface area contributed by atoms with Gasteiger partial charge in [0.1, 0.15) is 10.0 Å². The molecule has 1 unspecified atom stereocenters. The number of primary amides is 1. The van der Waals surface area contributed by atoms with Crippen LogP contribution in [-0.2, 0) is 19.6 Å². The van der Waals surface area contributed by atoms with E-state index >= 15 is 0 Å². The van der Waals surface area contributed by atoms with Crippen LogP contribution in [-0.4, -0.2) is 49.4 Å². The smallest absolute Gasteiger partial charge is 0.458 e. The second-order valence-corrected chi connectivity index (χ2v) is 6.93. The van der Waals surface area contributed by atoms with Gasteiger partial charge in [-0.1, -0.05) is 17.7 Å². The fraction of sp³-hybridized carbons (Fsp3) is 0.385. The summed E-state index contributed by atoms with van der Waals surface area (Å²) in [6.45, 7) is 2.01. The number of nitrogens with two attached hydrogens (primary N) is 1. The molecule has 0 saturated carbocycles. The van der Waals surface area contributed by atoms with E-state index in [0.717, 1.165) is 5.56 Å². The molecule has 1 aliphatic rings. The third kappa shape index (κ3) is 7.47. The van der Waals surface area contributed by atoms with E-state index < -0.39 is 22.0 Å². The van der Waals surface area contributed by atoms with Crippen LogP contribution >= 0.6 is 11.8 Å². The van der Waals surface area contributed by atoms with Gasteiger partial charge in [-0.25, -0.2) is 8.42 Å². The molecule has 0 bridgehead atoms. The first-order chi connectivity index (χ1) is 10.7. The summed E-state index contributed by atoms with van der Waals surface area (Å²) >= 11 is 4.90. The number of sulfonamides is 1. The summed E-state index contributed by atoms with van der Waals surface area (Å²) in [5.74, 6) is -0.760. The van der Waals surface area contributed by atoms with Gasteiger partial charge in [0.25, 0.3) is 0 Å². The van der Waals surface area contributed by atoms with Crippen molar-refractivity contribution in [3.05, 3.63) is 34.1 Å². The summed E-state index contributed by atoms with van der Waals surface area (Å²) < 4.78 is 24.8. The maximum absolute atomic E-state index is 11.0. The molecule has 0 radical (unpaired) electrons. The van der Waals surface area contributed by atoms with E-state index in [2.05, 4.69) is 4.24 Å². The van der Waals surface area contributed by atoms with Gasteiger partial charge in [0.05, 0.1) is 19.1 Å². The van der Waals surface area contributed by atoms with Gasteiger partial charge in [-0.15, -0.1) is 0 Å². The van der Waals surface area contributed by atoms with Crippen LogP contribution in [0.1, 0.15) is 12.0 Å². The molecule has 0 aromatic heterocycles. The van der Waals surface area contributed by atoms with Crippen molar-refractivity contribution in [2.75, 3.05) is 13.1 Å². The topological polar surface area (TPSA) is 132 Å². The number of carbonyl (C=O) groups is 2. The minimum absolute atomic E-state index is 0. The minimum atomic E-state index is -3.62. The van der Waals surface area contributed by atoms with Gasteiger partial charge >= 0.3 is 29.6 Å². The number of benzene rings is 1. The molecule has 0 aliphatic carbocycles. The zero-order valence-corrected chi connectivity index (χ0v) is 16.9.